The first-order valence-corrected chi connectivity index (χ1v) is 5.91. The summed E-state index contributed by atoms with van der Waals surface area (Å²) in [5.41, 5.74) is 0.0962. The lowest BCUT2D eigenvalue weighted by molar-refractivity contribution is 0.0185. The average Bonchev–Trinajstić information content (AvgIpc) is 2.29. The molecule has 1 aromatic rings. The van der Waals surface area contributed by atoms with Gasteiger partial charge in [0.25, 0.3) is 0 Å². The minimum atomic E-state index is -0.414. The molecule has 17 heavy (non-hydrogen) atoms. The molecule has 0 atom stereocenters. The summed E-state index contributed by atoms with van der Waals surface area (Å²) < 4.78 is 19.1. The summed E-state index contributed by atoms with van der Waals surface area (Å²) in [6, 6.07) is 4.14. The topological polar surface area (TPSA) is 38.3 Å². The van der Waals surface area contributed by atoms with Crippen LogP contribution in [0.3, 0.4) is 0 Å². The number of nitrogens with one attached hydrogen (secondary N) is 1. The number of carbonyl (C=O) groups is 1. The van der Waals surface area contributed by atoms with Crippen LogP contribution in [0.25, 0.3) is 0 Å². The number of halogens is 1. The minimum absolute atomic E-state index is 0.0631. The van der Waals surface area contributed by atoms with Gasteiger partial charge >= 0.3 is 0 Å². The van der Waals surface area contributed by atoms with Crippen LogP contribution in [0, 0.1) is 5.82 Å². The molecule has 0 aromatic heterocycles. The molecule has 1 saturated heterocycles. The smallest absolute Gasteiger partial charge is 0.170 e. The molecule has 3 rings (SSSR count). The van der Waals surface area contributed by atoms with Crippen molar-refractivity contribution in [1.29, 1.82) is 0 Å². The Hall–Kier alpha value is -1.42. The number of hydrogen-bond donors (Lipinski definition) is 1. The Balaban J connectivity index is 1.98. The highest BCUT2D eigenvalue weighted by Gasteiger charge is 2.41. The Morgan fingerprint density at radius 2 is 2.06 bits per heavy atom. The zero-order valence-electron chi connectivity index (χ0n) is 9.46. The molecule has 0 radical (unpaired) electrons. The van der Waals surface area contributed by atoms with E-state index in [0.29, 0.717) is 17.7 Å². The van der Waals surface area contributed by atoms with Crippen molar-refractivity contribution in [2.75, 3.05) is 13.1 Å². The van der Waals surface area contributed by atoms with Crippen LogP contribution >= 0.6 is 0 Å². The summed E-state index contributed by atoms with van der Waals surface area (Å²) in [5, 5.41) is 3.24. The van der Waals surface area contributed by atoms with Crippen molar-refractivity contribution in [3.63, 3.8) is 0 Å². The third kappa shape index (κ3) is 1.82. The average molecular weight is 235 g/mol. The highest BCUT2D eigenvalue weighted by atomic mass is 19.1. The van der Waals surface area contributed by atoms with E-state index in [1.165, 1.54) is 18.2 Å². The van der Waals surface area contributed by atoms with Gasteiger partial charge in [0.15, 0.2) is 5.78 Å². The first kappa shape index (κ1) is 10.7. The first-order chi connectivity index (χ1) is 8.19. The van der Waals surface area contributed by atoms with Gasteiger partial charge in [-0.25, -0.2) is 4.39 Å². The van der Waals surface area contributed by atoms with Crippen molar-refractivity contribution in [2.45, 2.75) is 24.9 Å². The van der Waals surface area contributed by atoms with E-state index in [-0.39, 0.29) is 11.6 Å². The fraction of sp³-hybridized carbons (Fsp3) is 0.462. The normalized spacial score (nSPS) is 22.1. The van der Waals surface area contributed by atoms with Crippen LogP contribution in [-0.4, -0.2) is 24.5 Å². The van der Waals surface area contributed by atoms with Gasteiger partial charge in [0, 0.05) is 18.9 Å². The summed E-state index contributed by atoms with van der Waals surface area (Å²) >= 11 is 0. The number of ether oxygens (including phenoxy) is 1. The van der Waals surface area contributed by atoms with Gasteiger partial charge in [-0.2, -0.15) is 0 Å². The van der Waals surface area contributed by atoms with Gasteiger partial charge in [-0.1, -0.05) is 0 Å². The van der Waals surface area contributed by atoms with Gasteiger partial charge in [0.05, 0.1) is 12.0 Å². The zero-order valence-corrected chi connectivity index (χ0v) is 9.46. The van der Waals surface area contributed by atoms with Crippen LogP contribution in [-0.2, 0) is 0 Å². The minimum Gasteiger partial charge on any atom is -0.486 e. The molecule has 4 heteroatoms. The molecule has 2 aliphatic rings. The summed E-state index contributed by atoms with van der Waals surface area (Å²) in [6.07, 6.45) is 2.01. The van der Waals surface area contributed by atoms with Crippen LogP contribution in [0.5, 0.6) is 5.75 Å². The number of carbonyl (C=O) groups excluding carboxylic acids is 1. The second kappa shape index (κ2) is 3.81. The van der Waals surface area contributed by atoms with E-state index >= 15 is 0 Å². The maximum Gasteiger partial charge on any atom is 0.170 e. The molecular formula is C13H14FNO2. The SMILES string of the molecule is O=C1CC2(CCNCC2)Oc2cc(F)ccc21. The van der Waals surface area contributed by atoms with Crippen molar-refractivity contribution in [1.82, 2.24) is 5.32 Å². The summed E-state index contributed by atoms with van der Waals surface area (Å²) in [5.74, 6) is 0.110. The summed E-state index contributed by atoms with van der Waals surface area (Å²) in [7, 11) is 0. The van der Waals surface area contributed by atoms with Crippen LogP contribution in [0.2, 0.25) is 0 Å². The number of ketones is 1. The molecule has 0 bridgehead atoms. The van der Waals surface area contributed by atoms with Gasteiger partial charge < -0.3 is 10.1 Å². The van der Waals surface area contributed by atoms with Crippen molar-refractivity contribution in [3.05, 3.63) is 29.6 Å². The lowest BCUT2D eigenvalue weighted by Gasteiger charge is -2.40. The van der Waals surface area contributed by atoms with E-state index in [9.17, 15) is 9.18 Å². The number of rotatable bonds is 0. The third-order valence-corrected chi connectivity index (χ3v) is 3.57. The van der Waals surface area contributed by atoms with Gasteiger partial charge in [0.2, 0.25) is 0 Å². The quantitative estimate of drug-likeness (QED) is 0.746. The number of piperidine rings is 1. The van der Waals surface area contributed by atoms with E-state index in [1.807, 2.05) is 0 Å². The van der Waals surface area contributed by atoms with Gasteiger partial charge in [-0.3, -0.25) is 4.79 Å². The van der Waals surface area contributed by atoms with Crippen molar-refractivity contribution in [2.24, 2.45) is 0 Å². The Kier molecular flexibility index (Phi) is 2.40. The second-order valence-electron chi connectivity index (χ2n) is 4.78. The zero-order chi connectivity index (χ0) is 11.9. The molecule has 0 saturated carbocycles. The number of benzene rings is 1. The standard InChI is InChI=1S/C13H14FNO2/c14-9-1-2-10-11(16)8-13(17-12(10)7-9)3-5-15-6-4-13/h1-2,7,15H,3-6,8H2. The molecule has 1 fully saturated rings. The van der Waals surface area contributed by atoms with E-state index in [1.54, 1.807) is 0 Å². The largest absolute Gasteiger partial charge is 0.486 e. The van der Waals surface area contributed by atoms with Crippen LogP contribution in [0.15, 0.2) is 18.2 Å². The third-order valence-electron chi connectivity index (χ3n) is 3.57. The molecule has 90 valence electrons. The number of fused-ring (bicyclic) bond motifs is 1. The van der Waals surface area contributed by atoms with Crippen LogP contribution in [0.4, 0.5) is 4.39 Å². The Bertz CT molecular complexity index is 466. The molecule has 2 heterocycles. The predicted octanol–water partition coefficient (Wildman–Crippen LogP) is 1.91. The Labute approximate surface area is 99.0 Å². The summed E-state index contributed by atoms with van der Waals surface area (Å²) in [4.78, 5) is 12.0. The maximum atomic E-state index is 13.2. The maximum absolute atomic E-state index is 13.2. The number of hydrogen-bond acceptors (Lipinski definition) is 3. The highest BCUT2D eigenvalue weighted by molar-refractivity contribution is 6.00. The molecule has 3 nitrogen and oxygen atoms in total. The van der Waals surface area contributed by atoms with Crippen molar-refractivity contribution >= 4 is 5.78 Å². The van der Waals surface area contributed by atoms with Gasteiger partial charge in [-0.15, -0.1) is 0 Å². The first-order valence-electron chi connectivity index (χ1n) is 5.91. The second-order valence-corrected chi connectivity index (χ2v) is 4.78. The molecule has 0 unspecified atom stereocenters. The molecule has 2 aliphatic heterocycles. The van der Waals surface area contributed by atoms with E-state index < -0.39 is 5.60 Å². The summed E-state index contributed by atoms with van der Waals surface area (Å²) in [6.45, 7) is 1.69. The van der Waals surface area contributed by atoms with Gasteiger partial charge in [0.1, 0.15) is 17.2 Å². The van der Waals surface area contributed by atoms with Crippen LogP contribution < -0.4 is 10.1 Å². The lowest BCUT2D eigenvalue weighted by Crippen LogP contribution is -2.49. The predicted molar refractivity (Wildman–Crippen MR) is 60.8 cm³/mol. The molecule has 1 N–H and O–H groups in total. The van der Waals surface area contributed by atoms with E-state index in [0.717, 1.165) is 25.9 Å². The lowest BCUT2D eigenvalue weighted by atomic mass is 9.83. The van der Waals surface area contributed by atoms with Crippen molar-refractivity contribution in [3.8, 4) is 5.75 Å². The fourth-order valence-electron chi connectivity index (χ4n) is 2.63. The molecule has 0 amide bonds. The molecule has 1 aromatic carbocycles. The molecule has 1 spiro atoms. The van der Waals surface area contributed by atoms with Crippen LogP contribution in [0.1, 0.15) is 29.6 Å². The monoisotopic (exact) mass is 235 g/mol. The van der Waals surface area contributed by atoms with Gasteiger partial charge in [-0.05, 0) is 25.2 Å². The Morgan fingerprint density at radius 3 is 2.82 bits per heavy atom. The molecule has 0 aliphatic carbocycles. The highest BCUT2D eigenvalue weighted by Crippen LogP contribution is 2.38. The van der Waals surface area contributed by atoms with E-state index in [4.69, 9.17) is 4.74 Å². The molecular weight excluding hydrogens is 221 g/mol. The fourth-order valence-corrected chi connectivity index (χ4v) is 2.63. The number of Topliss-reactive ketones (excluding diaryl/α,β-unsaturated/α-hetero) is 1. The van der Waals surface area contributed by atoms with Crippen molar-refractivity contribution < 1.29 is 13.9 Å². The Morgan fingerprint density at radius 1 is 1.29 bits per heavy atom. The van der Waals surface area contributed by atoms with E-state index in [2.05, 4.69) is 5.32 Å².